The second kappa shape index (κ2) is 9.12. The number of hydrogen-bond donors (Lipinski definition) is 2. The van der Waals surface area contributed by atoms with Gasteiger partial charge in [-0.25, -0.2) is 9.18 Å². The quantitative estimate of drug-likeness (QED) is 0.489. The number of nitrogens with zero attached hydrogens (tertiary/aromatic N) is 1. The number of carboxylic acid groups (broad SMARTS) is 1. The van der Waals surface area contributed by atoms with Crippen molar-refractivity contribution in [2.45, 2.75) is 57.3 Å². The molecular weight excluding hydrogens is 452 g/mol. The number of carbonyl (C=O) groups is 2. The summed E-state index contributed by atoms with van der Waals surface area (Å²) in [6, 6.07) is 7.74. The number of rotatable bonds is 6. The number of amides is 1. The molecule has 0 aliphatic heterocycles. The van der Waals surface area contributed by atoms with Crippen molar-refractivity contribution in [3.8, 4) is 0 Å². The lowest BCUT2D eigenvalue weighted by atomic mass is 9.91. The van der Waals surface area contributed by atoms with Crippen molar-refractivity contribution in [2.24, 2.45) is 0 Å². The molecule has 1 heterocycles. The Morgan fingerprint density at radius 3 is 2.50 bits per heavy atom. The molecule has 180 valence electrons. The van der Waals surface area contributed by atoms with Gasteiger partial charge in [-0.1, -0.05) is 19.1 Å². The van der Waals surface area contributed by atoms with Gasteiger partial charge in [-0.3, -0.25) is 4.79 Å². The summed E-state index contributed by atoms with van der Waals surface area (Å²) in [7, 11) is 0. The molecule has 34 heavy (non-hydrogen) atoms. The average molecular weight is 476 g/mol. The first-order valence-corrected chi connectivity index (χ1v) is 11.1. The van der Waals surface area contributed by atoms with Crippen LogP contribution in [-0.2, 0) is 35.0 Å². The molecule has 2 N–H and O–H groups in total. The van der Waals surface area contributed by atoms with Gasteiger partial charge in [-0.15, -0.1) is 0 Å². The van der Waals surface area contributed by atoms with E-state index in [0.29, 0.717) is 42.1 Å². The van der Waals surface area contributed by atoms with E-state index in [0.717, 1.165) is 23.4 Å². The second-order valence-corrected chi connectivity index (χ2v) is 8.60. The van der Waals surface area contributed by atoms with Crippen molar-refractivity contribution in [3.63, 3.8) is 0 Å². The van der Waals surface area contributed by atoms with Gasteiger partial charge in [-0.05, 0) is 67.1 Å². The van der Waals surface area contributed by atoms with Crippen molar-refractivity contribution >= 4 is 22.8 Å². The number of aliphatic carboxylic acids is 1. The molecule has 0 bridgehead atoms. The number of benzene rings is 2. The number of halogens is 4. The Balaban J connectivity index is 1.54. The average Bonchev–Trinajstić information content (AvgIpc) is 3.07. The van der Waals surface area contributed by atoms with Crippen molar-refractivity contribution in [1.82, 2.24) is 9.88 Å². The van der Waals surface area contributed by atoms with Gasteiger partial charge in [0.2, 0.25) is 5.91 Å². The predicted molar refractivity (Wildman–Crippen MR) is 118 cm³/mol. The zero-order chi connectivity index (χ0) is 24.6. The Morgan fingerprint density at radius 1 is 1.18 bits per heavy atom. The van der Waals surface area contributed by atoms with E-state index in [1.54, 1.807) is 17.6 Å². The predicted octanol–water partition coefficient (Wildman–Crippen LogP) is 5.05. The summed E-state index contributed by atoms with van der Waals surface area (Å²) < 4.78 is 54.0. The lowest BCUT2D eigenvalue weighted by Crippen LogP contribution is -2.40. The molecule has 1 amide bonds. The second-order valence-electron chi connectivity index (χ2n) is 8.60. The molecule has 3 aromatic rings. The first-order chi connectivity index (χ1) is 16.1. The highest BCUT2D eigenvalue weighted by atomic mass is 19.4. The van der Waals surface area contributed by atoms with Gasteiger partial charge in [0, 0.05) is 22.6 Å². The first kappa shape index (κ1) is 23.8. The fraction of sp³-hybridized carbons (Fsp3) is 0.360. The Bertz CT molecular complexity index is 1230. The minimum atomic E-state index is -4.43. The molecule has 9 heteroatoms. The van der Waals surface area contributed by atoms with E-state index in [1.165, 1.54) is 24.3 Å². The summed E-state index contributed by atoms with van der Waals surface area (Å²) >= 11 is 0. The van der Waals surface area contributed by atoms with Gasteiger partial charge in [0.05, 0.1) is 12.0 Å². The van der Waals surface area contributed by atoms with Gasteiger partial charge >= 0.3 is 12.1 Å². The van der Waals surface area contributed by atoms with Gasteiger partial charge < -0.3 is 15.0 Å². The van der Waals surface area contributed by atoms with E-state index in [2.05, 4.69) is 5.32 Å². The zero-order valence-corrected chi connectivity index (χ0v) is 18.5. The molecule has 2 atom stereocenters. The number of carboxylic acids is 1. The maximum atomic E-state index is 14.0. The highest BCUT2D eigenvalue weighted by molar-refractivity contribution is 5.88. The van der Waals surface area contributed by atoms with Gasteiger partial charge in [0.25, 0.3) is 0 Å². The molecule has 5 nitrogen and oxygen atoms in total. The van der Waals surface area contributed by atoms with Crippen LogP contribution in [0.2, 0.25) is 0 Å². The topological polar surface area (TPSA) is 71.3 Å². The third-order valence-corrected chi connectivity index (χ3v) is 6.36. The van der Waals surface area contributed by atoms with E-state index >= 15 is 0 Å². The fourth-order valence-electron chi connectivity index (χ4n) is 4.79. The maximum Gasteiger partial charge on any atom is 0.416 e. The van der Waals surface area contributed by atoms with Crippen molar-refractivity contribution in [2.75, 3.05) is 0 Å². The van der Waals surface area contributed by atoms with E-state index in [4.69, 9.17) is 0 Å². The SMILES string of the molecule is CCC(C(=O)O)n1c2c(c3cc(F)ccc31)C[C@@H](NC(=O)Cc1ccc(C(F)(F)F)cc1)CC2. The molecule has 0 saturated carbocycles. The molecule has 2 aromatic carbocycles. The van der Waals surface area contributed by atoms with E-state index in [-0.39, 0.29) is 18.4 Å². The summed E-state index contributed by atoms with van der Waals surface area (Å²) in [5.41, 5.74) is 2.00. The minimum Gasteiger partial charge on any atom is -0.480 e. The van der Waals surface area contributed by atoms with Crippen LogP contribution in [0.4, 0.5) is 17.6 Å². The summed E-state index contributed by atoms with van der Waals surface area (Å²) in [6.07, 6.45) is -2.62. The van der Waals surface area contributed by atoms with Gasteiger partial charge in [0.1, 0.15) is 11.9 Å². The molecule has 0 radical (unpaired) electrons. The molecule has 1 aliphatic carbocycles. The molecule has 1 aliphatic rings. The third kappa shape index (κ3) is 4.64. The molecule has 0 spiro atoms. The summed E-state index contributed by atoms with van der Waals surface area (Å²) in [4.78, 5) is 24.4. The lowest BCUT2D eigenvalue weighted by Gasteiger charge is -2.26. The van der Waals surface area contributed by atoms with Crippen LogP contribution in [0, 0.1) is 5.82 Å². The smallest absolute Gasteiger partial charge is 0.416 e. The van der Waals surface area contributed by atoms with Gasteiger partial charge in [0.15, 0.2) is 0 Å². The largest absolute Gasteiger partial charge is 0.480 e. The normalized spacial score (nSPS) is 16.8. The van der Waals surface area contributed by atoms with Crippen molar-refractivity contribution in [1.29, 1.82) is 0 Å². The molecule has 1 unspecified atom stereocenters. The first-order valence-electron chi connectivity index (χ1n) is 11.1. The zero-order valence-electron chi connectivity index (χ0n) is 18.5. The Labute approximate surface area is 193 Å². The standard InChI is InChI=1S/C25H24F4N2O3/c1-2-20(24(33)34)31-21-9-7-16(26)12-18(21)19-13-17(8-10-22(19)31)30-23(32)11-14-3-5-15(6-4-14)25(27,28)29/h3-7,9,12,17,20H,2,8,10-11,13H2,1H3,(H,30,32)(H,33,34)/t17-,20?/m0/s1. The number of carbonyl (C=O) groups excluding carboxylic acids is 1. The number of fused-ring (bicyclic) bond motifs is 3. The molecule has 0 fully saturated rings. The van der Waals surface area contributed by atoms with Crippen LogP contribution in [-0.4, -0.2) is 27.6 Å². The highest BCUT2D eigenvalue weighted by Gasteiger charge is 2.32. The lowest BCUT2D eigenvalue weighted by molar-refractivity contribution is -0.141. The van der Waals surface area contributed by atoms with Gasteiger partial charge in [-0.2, -0.15) is 13.2 Å². The summed E-state index contributed by atoms with van der Waals surface area (Å²) in [5.74, 6) is -1.71. The fourth-order valence-corrected chi connectivity index (χ4v) is 4.79. The Morgan fingerprint density at radius 2 is 1.88 bits per heavy atom. The van der Waals surface area contributed by atoms with Crippen LogP contribution < -0.4 is 5.32 Å². The molecule has 0 saturated heterocycles. The number of hydrogen-bond acceptors (Lipinski definition) is 2. The Hall–Kier alpha value is -3.36. The van der Waals surface area contributed by atoms with Crippen molar-refractivity contribution < 1.29 is 32.3 Å². The molecule has 4 rings (SSSR count). The van der Waals surface area contributed by atoms with Crippen LogP contribution in [0.1, 0.15) is 48.2 Å². The van der Waals surface area contributed by atoms with Crippen molar-refractivity contribution in [3.05, 3.63) is 70.7 Å². The van der Waals surface area contributed by atoms with E-state index < -0.39 is 29.6 Å². The summed E-state index contributed by atoms with van der Waals surface area (Å²) in [6.45, 7) is 1.79. The molecular formula is C25H24F4N2O3. The number of alkyl halides is 3. The monoisotopic (exact) mass is 476 g/mol. The third-order valence-electron chi connectivity index (χ3n) is 6.36. The van der Waals surface area contributed by atoms with E-state index in [1.807, 2.05) is 0 Å². The number of aromatic nitrogens is 1. The summed E-state index contributed by atoms with van der Waals surface area (Å²) in [5, 5.41) is 13.3. The van der Waals surface area contributed by atoms with Crippen LogP contribution in [0.3, 0.4) is 0 Å². The molecule has 1 aromatic heterocycles. The number of nitrogens with one attached hydrogen (secondary N) is 1. The van der Waals surface area contributed by atoms with Crippen LogP contribution in [0.5, 0.6) is 0 Å². The van der Waals surface area contributed by atoms with E-state index in [9.17, 15) is 32.3 Å². The van der Waals surface area contributed by atoms with Crippen LogP contribution >= 0.6 is 0 Å². The Kier molecular flexibility index (Phi) is 6.38. The van der Waals surface area contributed by atoms with Crippen LogP contribution in [0.25, 0.3) is 10.9 Å². The highest BCUT2D eigenvalue weighted by Crippen LogP contribution is 2.36. The minimum absolute atomic E-state index is 0.0607. The maximum absolute atomic E-state index is 14.0. The van der Waals surface area contributed by atoms with Crippen LogP contribution in [0.15, 0.2) is 42.5 Å².